The zero-order valence-corrected chi connectivity index (χ0v) is 15.2. The highest BCUT2D eigenvalue weighted by Gasteiger charge is 2.26. The van der Waals surface area contributed by atoms with E-state index in [1.54, 1.807) is 26.8 Å². The number of carbonyl (C=O) groups excluding carboxylic acids is 2. The van der Waals surface area contributed by atoms with Gasteiger partial charge >= 0.3 is 0 Å². The summed E-state index contributed by atoms with van der Waals surface area (Å²) in [7, 11) is 0. The molecule has 0 bridgehead atoms. The molecule has 3 nitrogen and oxygen atoms in total. The quantitative estimate of drug-likeness (QED) is 0.361. The van der Waals surface area contributed by atoms with Crippen molar-refractivity contribution in [2.24, 2.45) is 0 Å². The zero-order valence-electron chi connectivity index (χ0n) is 15.2. The summed E-state index contributed by atoms with van der Waals surface area (Å²) in [5.74, 6) is 0.0771. The fourth-order valence-corrected chi connectivity index (χ4v) is 2.80. The number of aliphatic hydroxyl groups is 1. The number of hydrogen-bond donors (Lipinski definition) is 1. The van der Waals surface area contributed by atoms with Gasteiger partial charge in [0.15, 0.2) is 11.6 Å². The third-order valence-corrected chi connectivity index (χ3v) is 4.54. The first-order valence-electron chi connectivity index (χ1n) is 8.88. The van der Waals surface area contributed by atoms with E-state index in [1.807, 2.05) is 6.08 Å². The molecule has 24 heavy (non-hydrogen) atoms. The molecule has 1 aliphatic carbocycles. The summed E-state index contributed by atoms with van der Waals surface area (Å²) in [6.07, 6.45) is 15.0. The van der Waals surface area contributed by atoms with E-state index in [9.17, 15) is 9.59 Å². The van der Waals surface area contributed by atoms with Crippen LogP contribution < -0.4 is 0 Å². The Hall–Kier alpha value is -1.74. The van der Waals surface area contributed by atoms with Gasteiger partial charge in [0.25, 0.3) is 0 Å². The number of rotatable bonds is 10. The topological polar surface area (TPSA) is 54.4 Å². The van der Waals surface area contributed by atoms with Crippen molar-refractivity contribution in [2.45, 2.75) is 65.7 Å². The zero-order chi connectivity index (χ0) is 17.9. The van der Waals surface area contributed by atoms with E-state index in [0.717, 1.165) is 38.5 Å². The highest BCUT2D eigenvalue weighted by molar-refractivity contribution is 6.24. The van der Waals surface area contributed by atoms with Crippen molar-refractivity contribution >= 4 is 11.6 Å². The minimum Gasteiger partial charge on any atom is -0.392 e. The molecule has 0 fully saturated rings. The van der Waals surface area contributed by atoms with Crippen LogP contribution in [0.15, 0.2) is 46.6 Å². The van der Waals surface area contributed by atoms with E-state index in [4.69, 9.17) is 5.11 Å². The molecule has 1 rings (SSSR count). The van der Waals surface area contributed by atoms with Crippen LogP contribution in [-0.2, 0) is 9.59 Å². The number of ketones is 2. The van der Waals surface area contributed by atoms with Crippen LogP contribution in [-0.4, -0.2) is 23.3 Å². The lowest BCUT2D eigenvalue weighted by Crippen LogP contribution is -2.20. The second kappa shape index (κ2) is 10.9. The Morgan fingerprint density at radius 2 is 1.25 bits per heavy atom. The first kappa shape index (κ1) is 20.3. The smallest absolute Gasteiger partial charge is 0.185 e. The van der Waals surface area contributed by atoms with Crippen LogP contribution in [0.25, 0.3) is 0 Å². The summed E-state index contributed by atoms with van der Waals surface area (Å²) in [5, 5.41) is 8.61. The molecule has 3 heteroatoms. The lowest BCUT2D eigenvalue weighted by molar-refractivity contribution is -0.116. The molecule has 0 unspecified atom stereocenters. The first-order chi connectivity index (χ1) is 11.5. The Morgan fingerprint density at radius 1 is 0.708 bits per heavy atom. The van der Waals surface area contributed by atoms with Crippen LogP contribution in [0.2, 0.25) is 0 Å². The van der Waals surface area contributed by atoms with Gasteiger partial charge < -0.3 is 5.11 Å². The molecule has 1 aliphatic rings. The minimum absolute atomic E-state index is 0.0252. The van der Waals surface area contributed by atoms with Gasteiger partial charge in [0.05, 0.1) is 6.61 Å². The predicted octanol–water partition coefficient (Wildman–Crippen LogP) is 4.63. The Labute approximate surface area is 145 Å². The summed E-state index contributed by atoms with van der Waals surface area (Å²) in [4.78, 5) is 24.4. The maximum atomic E-state index is 12.3. The molecule has 132 valence electrons. The van der Waals surface area contributed by atoms with Crippen molar-refractivity contribution in [1.82, 2.24) is 0 Å². The third kappa shape index (κ3) is 6.04. The molecule has 0 aliphatic heterocycles. The number of carbonyl (C=O) groups is 2. The number of allylic oxidation sites excluding steroid dienone is 7. The van der Waals surface area contributed by atoms with E-state index in [1.165, 1.54) is 0 Å². The van der Waals surface area contributed by atoms with Gasteiger partial charge in [0.2, 0.25) is 0 Å². The van der Waals surface area contributed by atoms with Crippen LogP contribution >= 0.6 is 0 Å². The Bertz CT molecular complexity index is 574. The molecular formula is C21H30O3. The highest BCUT2D eigenvalue weighted by Crippen LogP contribution is 2.27. The molecular weight excluding hydrogens is 300 g/mol. The summed E-state index contributed by atoms with van der Waals surface area (Å²) in [6.45, 7) is 5.38. The highest BCUT2D eigenvalue weighted by atomic mass is 16.2. The first-order valence-corrected chi connectivity index (χ1v) is 8.88. The average Bonchev–Trinajstić information content (AvgIpc) is 2.58. The van der Waals surface area contributed by atoms with Crippen molar-refractivity contribution in [3.63, 3.8) is 0 Å². The van der Waals surface area contributed by atoms with Gasteiger partial charge in [-0.2, -0.15) is 0 Å². The van der Waals surface area contributed by atoms with Gasteiger partial charge in [-0.15, -0.1) is 0 Å². The molecule has 0 aromatic rings. The fraction of sp³-hybridized carbons (Fsp3) is 0.524. The molecule has 0 atom stereocenters. The SMILES string of the molecule is CC1=C(C)C(=O)C(CCCC/C=C\CCC/C=C\CO)=C(C)C1=O. The van der Waals surface area contributed by atoms with Crippen LogP contribution in [0.1, 0.15) is 65.7 Å². The van der Waals surface area contributed by atoms with Gasteiger partial charge in [-0.3, -0.25) is 9.59 Å². The van der Waals surface area contributed by atoms with E-state index in [0.29, 0.717) is 28.7 Å². The molecule has 0 aromatic carbocycles. The molecule has 0 aromatic heterocycles. The minimum atomic E-state index is 0.0252. The van der Waals surface area contributed by atoms with Crippen LogP contribution in [0, 0.1) is 0 Å². The average molecular weight is 330 g/mol. The van der Waals surface area contributed by atoms with Crippen molar-refractivity contribution in [3.05, 3.63) is 46.6 Å². The number of hydrogen-bond acceptors (Lipinski definition) is 3. The lowest BCUT2D eigenvalue weighted by Gasteiger charge is -2.18. The van der Waals surface area contributed by atoms with Crippen molar-refractivity contribution in [1.29, 1.82) is 0 Å². The number of unbranched alkanes of at least 4 members (excludes halogenated alkanes) is 4. The lowest BCUT2D eigenvalue weighted by atomic mass is 9.84. The molecule has 0 saturated carbocycles. The maximum absolute atomic E-state index is 12.3. The standard InChI is InChI=1S/C21H30O3/c1-16-17(2)21(24)19(18(3)20(16)23)14-12-10-8-6-4-5-7-9-11-13-15-22/h4,6,11,13,22H,5,7-10,12,14-15H2,1-3H3/b6-4-,13-11-. The van der Waals surface area contributed by atoms with Crippen LogP contribution in [0.3, 0.4) is 0 Å². The second-order valence-corrected chi connectivity index (χ2v) is 6.31. The molecule has 1 N–H and O–H groups in total. The van der Waals surface area contributed by atoms with Gasteiger partial charge in [-0.25, -0.2) is 0 Å². The molecule has 0 amide bonds. The summed E-state index contributed by atoms with van der Waals surface area (Å²) in [5.41, 5.74) is 2.55. The predicted molar refractivity (Wildman–Crippen MR) is 98.8 cm³/mol. The molecule has 0 heterocycles. The van der Waals surface area contributed by atoms with Crippen molar-refractivity contribution in [3.8, 4) is 0 Å². The van der Waals surface area contributed by atoms with Crippen LogP contribution in [0.5, 0.6) is 0 Å². The number of aliphatic hydroxyl groups excluding tert-OH is 1. The van der Waals surface area contributed by atoms with Crippen LogP contribution in [0.4, 0.5) is 0 Å². The van der Waals surface area contributed by atoms with E-state index >= 15 is 0 Å². The summed E-state index contributed by atoms with van der Waals surface area (Å²) < 4.78 is 0. The van der Waals surface area contributed by atoms with Gasteiger partial charge in [0, 0.05) is 22.3 Å². The monoisotopic (exact) mass is 330 g/mol. The van der Waals surface area contributed by atoms with Gasteiger partial charge in [-0.05, 0) is 65.7 Å². The van der Waals surface area contributed by atoms with E-state index in [2.05, 4.69) is 12.2 Å². The van der Waals surface area contributed by atoms with E-state index in [-0.39, 0.29) is 18.2 Å². The normalized spacial score (nSPS) is 16.3. The molecule has 0 spiro atoms. The van der Waals surface area contributed by atoms with Gasteiger partial charge in [-0.1, -0.05) is 24.3 Å². The van der Waals surface area contributed by atoms with Crippen molar-refractivity contribution in [2.75, 3.05) is 6.61 Å². The van der Waals surface area contributed by atoms with E-state index < -0.39 is 0 Å². The Kier molecular flexibility index (Phi) is 9.24. The summed E-state index contributed by atoms with van der Waals surface area (Å²) in [6, 6.07) is 0. The molecule has 0 saturated heterocycles. The maximum Gasteiger partial charge on any atom is 0.185 e. The third-order valence-electron chi connectivity index (χ3n) is 4.54. The Morgan fingerprint density at radius 3 is 1.88 bits per heavy atom. The molecule has 0 radical (unpaired) electrons. The Balaban J connectivity index is 2.27. The van der Waals surface area contributed by atoms with Crippen molar-refractivity contribution < 1.29 is 14.7 Å². The summed E-state index contributed by atoms with van der Waals surface area (Å²) >= 11 is 0. The largest absolute Gasteiger partial charge is 0.392 e. The number of Topliss-reactive ketones (excluding diaryl/α,β-unsaturated/α-hetero) is 2. The van der Waals surface area contributed by atoms with Gasteiger partial charge in [0.1, 0.15) is 0 Å². The second-order valence-electron chi connectivity index (χ2n) is 6.31. The fourth-order valence-electron chi connectivity index (χ4n) is 2.80.